The molecule has 11 rings (SSSR count). The van der Waals surface area contributed by atoms with Crippen LogP contribution in [0.15, 0.2) is 187 Å². The molecule has 254 valence electrons. The van der Waals surface area contributed by atoms with E-state index in [2.05, 4.69) is 195 Å². The fourth-order valence-corrected chi connectivity index (χ4v) is 10.8. The molecule has 6 aromatic rings. The van der Waals surface area contributed by atoms with Crippen molar-refractivity contribution in [2.75, 3.05) is 4.90 Å². The van der Waals surface area contributed by atoms with Crippen LogP contribution in [0.2, 0.25) is 0 Å². The number of fused-ring (bicyclic) bond motifs is 12. The molecule has 0 heterocycles. The predicted molar refractivity (Wildman–Crippen MR) is 220 cm³/mol. The number of nitrogens with zero attached hydrogens (tertiary/aromatic N) is 1. The highest BCUT2D eigenvalue weighted by Crippen LogP contribution is 2.64. The average molecular weight is 680 g/mol. The molecule has 6 aromatic carbocycles. The number of hydrogen-bond acceptors (Lipinski definition) is 1. The molecule has 2 atom stereocenters. The third kappa shape index (κ3) is 4.14. The highest BCUT2D eigenvalue weighted by atomic mass is 15.2. The predicted octanol–water partition coefficient (Wildman–Crippen LogP) is 13.1. The minimum absolute atomic E-state index is 0.0208. The van der Waals surface area contributed by atoms with Crippen molar-refractivity contribution in [3.63, 3.8) is 0 Å². The van der Waals surface area contributed by atoms with Gasteiger partial charge in [-0.3, -0.25) is 0 Å². The van der Waals surface area contributed by atoms with E-state index in [0.717, 1.165) is 12.8 Å². The van der Waals surface area contributed by atoms with Crippen LogP contribution in [0, 0.1) is 5.92 Å². The molecule has 53 heavy (non-hydrogen) atoms. The van der Waals surface area contributed by atoms with Gasteiger partial charge in [-0.05, 0) is 110 Å². The number of hydrogen-bond donors (Lipinski definition) is 0. The van der Waals surface area contributed by atoms with Gasteiger partial charge >= 0.3 is 0 Å². The summed E-state index contributed by atoms with van der Waals surface area (Å²) in [5.41, 5.74) is 20.1. The number of rotatable bonds is 4. The molecule has 0 saturated carbocycles. The third-order valence-corrected chi connectivity index (χ3v) is 13.1. The summed E-state index contributed by atoms with van der Waals surface area (Å²) in [5, 5.41) is 0. The Hall–Kier alpha value is -5.92. The van der Waals surface area contributed by atoms with Crippen molar-refractivity contribution in [1.29, 1.82) is 0 Å². The molecule has 0 amide bonds. The average Bonchev–Trinajstić information content (AvgIpc) is 3.77. The van der Waals surface area contributed by atoms with Crippen molar-refractivity contribution in [2.24, 2.45) is 5.92 Å². The maximum atomic E-state index is 2.61. The maximum Gasteiger partial charge on any atom is 0.0722 e. The zero-order valence-corrected chi connectivity index (χ0v) is 30.3. The van der Waals surface area contributed by atoms with Crippen molar-refractivity contribution in [2.45, 2.75) is 43.4 Å². The smallest absolute Gasteiger partial charge is 0.0722 e. The van der Waals surface area contributed by atoms with Crippen LogP contribution in [0.25, 0.3) is 27.8 Å². The van der Waals surface area contributed by atoms with E-state index in [9.17, 15) is 0 Å². The molecule has 0 aliphatic heterocycles. The van der Waals surface area contributed by atoms with E-state index in [1.807, 2.05) is 0 Å². The third-order valence-electron chi connectivity index (χ3n) is 13.1. The highest BCUT2D eigenvalue weighted by molar-refractivity contribution is 5.97. The second-order valence-corrected chi connectivity index (χ2v) is 15.9. The lowest BCUT2D eigenvalue weighted by Crippen LogP contribution is -2.28. The lowest BCUT2D eigenvalue weighted by Gasteiger charge is -2.36. The molecule has 1 spiro atoms. The Morgan fingerprint density at radius 1 is 0.547 bits per heavy atom. The van der Waals surface area contributed by atoms with E-state index in [-0.39, 0.29) is 10.8 Å². The van der Waals surface area contributed by atoms with Gasteiger partial charge in [0.05, 0.1) is 11.1 Å². The monoisotopic (exact) mass is 679 g/mol. The summed E-state index contributed by atoms with van der Waals surface area (Å²) in [6, 6.07) is 54.8. The summed E-state index contributed by atoms with van der Waals surface area (Å²) in [4.78, 5) is 2.61. The summed E-state index contributed by atoms with van der Waals surface area (Å²) < 4.78 is 0. The summed E-state index contributed by atoms with van der Waals surface area (Å²) in [6.07, 6.45) is 13.9. The normalized spacial score (nSPS) is 20.3. The molecule has 0 aromatic heterocycles. The molecule has 1 nitrogen and oxygen atoms in total. The van der Waals surface area contributed by atoms with Gasteiger partial charge in [0.2, 0.25) is 0 Å². The zero-order chi connectivity index (χ0) is 35.3. The Labute approximate surface area is 313 Å². The van der Waals surface area contributed by atoms with E-state index in [4.69, 9.17) is 0 Å². The van der Waals surface area contributed by atoms with Crippen LogP contribution in [-0.4, -0.2) is 0 Å². The zero-order valence-electron chi connectivity index (χ0n) is 30.3. The Morgan fingerprint density at radius 2 is 1.15 bits per heavy atom. The molecular weight excluding hydrogens is 639 g/mol. The summed E-state index contributed by atoms with van der Waals surface area (Å²) >= 11 is 0. The number of para-hydroxylation sites is 1. The largest absolute Gasteiger partial charge is 0.314 e. The molecular formula is C52H41N. The van der Waals surface area contributed by atoms with Crippen molar-refractivity contribution < 1.29 is 0 Å². The Balaban J connectivity index is 1.17. The maximum absolute atomic E-state index is 2.61. The van der Waals surface area contributed by atoms with Crippen LogP contribution in [0.4, 0.5) is 11.4 Å². The van der Waals surface area contributed by atoms with Gasteiger partial charge in [-0.15, -0.1) is 0 Å². The molecule has 0 radical (unpaired) electrons. The van der Waals surface area contributed by atoms with Gasteiger partial charge in [0.15, 0.2) is 0 Å². The van der Waals surface area contributed by atoms with Crippen molar-refractivity contribution in [1.82, 2.24) is 0 Å². The molecule has 2 unspecified atom stereocenters. The van der Waals surface area contributed by atoms with Crippen LogP contribution in [0.5, 0.6) is 0 Å². The quantitative estimate of drug-likeness (QED) is 0.179. The van der Waals surface area contributed by atoms with Crippen LogP contribution < -0.4 is 4.90 Å². The minimum Gasteiger partial charge on any atom is -0.314 e. The molecule has 0 fully saturated rings. The Kier molecular flexibility index (Phi) is 6.54. The minimum atomic E-state index is -0.357. The van der Waals surface area contributed by atoms with Crippen molar-refractivity contribution in [3.8, 4) is 22.3 Å². The van der Waals surface area contributed by atoms with Crippen LogP contribution in [0.1, 0.15) is 66.0 Å². The lowest BCUT2D eigenvalue weighted by molar-refractivity contribution is 0.394. The number of anilines is 2. The van der Waals surface area contributed by atoms with Gasteiger partial charge in [-0.1, -0.05) is 166 Å². The van der Waals surface area contributed by atoms with E-state index in [1.54, 1.807) is 0 Å². The van der Waals surface area contributed by atoms with Crippen LogP contribution >= 0.6 is 0 Å². The Bertz CT molecular complexity index is 2560. The first-order chi connectivity index (χ1) is 26.1. The van der Waals surface area contributed by atoms with Gasteiger partial charge in [0.25, 0.3) is 0 Å². The standard InChI is InChI=1S/C52H41N/c1-51(2)44-23-11-6-19-38(44)42-30-28-35(32-48(42)51)53(50-27-15-10-18-37(50)34-16-4-3-5-17-34)36-29-31-43-41-22-9-14-26-47(41)52(49(43)33-36)45-24-12-7-20-39(45)40-21-8-13-25-46(40)52/h3-28,30,32-33,38,44H,29,31H2,1-2H3. The first-order valence-electron chi connectivity index (χ1n) is 19.2. The summed E-state index contributed by atoms with van der Waals surface area (Å²) in [7, 11) is 0. The van der Waals surface area contributed by atoms with Gasteiger partial charge in [-0.25, -0.2) is 0 Å². The van der Waals surface area contributed by atoms with Gasteiger partial charge in [0.1, 0.15) is 0 Å². The van der Waals surface area contributed by atoms with E-state index in [1.165, 1.54) is 83.9 Å². The van der Waals surface area contributed by atoms with Gasteiger partial charge in [0, 0.05) is 22.9 Å². The van der Waals surface area contributed by atoms with Gasteiger partial charge in [-0.2, -0.15) is 0 Å². The highest BCUT2D eigenvalue weighted by Gasteiger charge is 2.53. The second-order valence-electron chi connectivity index (χ2n) is 15.9. The SMILES string of the molecule is CC1(C)c2cc(N(C3=CC4=C(CC3)c3ccccc3C43c4ccccc4-c4ccccc43)c3ccccc3-c3ccccc3)ccc2C2C=CC=CC21. The first kappa shape index (κ1) is 30.7. The van der Waals surface area contributed by atoms with Crippen LogP contribution in [-0.2, 0) is 10.8 Å². The second kappa shape index (κ2) is 11.3. The summed E-state index contributed by atoms with van der Waals surface area (Å²) in [5.74, 6) is 0.883. The fraction of sp³-hybridized carbons (Fsp3) is 0.154. The first-order valence-corrected chi connectivity index (χ1v) is 19.2. The van der Waals surface area contributed by atoms with E-state index >= 15 is 0 Å². The van der Waals surface area contributed by atoms with E-state index < -0.39 is 0 Å². The van der Waals surface area contributed by atoms with Crippen molar-refractivity contribution in [3.05, 3.63) is 221 Å². The molecule has 0 N–H and O–H groups in total. The molecule has 0 bridgehead atoms. The molecule has 5 aliphatic carbocycles. The topological polar surface area (TPSA) is 3.24 Å². The molecule has 1 heteroatoms. The lowest BCUT2D eigenvalue weighted by atomic mass is 9.69. The Morgan fingerprint density at radius 3 is 1.89 bits per heavy atom. The number of benzene rings is 6. The fourth-order valence-electron chi connectivity index (χ4n) is 10.8. The molecule has 0 saturated heterocycles. The van der Waals surface area contributed by atoms with Gasteiger partial charge < -0.3 is 4.90 Å². The van der Waals surface area contributed by atoms with Crippen molar-refractivity contribution >= 4 is 16.9 Å². The van der Waals surface area contributed by atoms with E-state index in [0.29, 0.717) is 11.8 Å². The summed E-state index contributed by atoms with van der Waals surface area (Å²) in [6.45, 7) is 4.88. The van der Waals surface area contributed by atoms with Crippen LogP contribution in [0.3, 0.4) is 0 Å². The molecule has 5 aliphatic rings. The number of allylic oxidation sites excluding steroid dienone is 8.